The molecular weight excluding hydrogens is 282 g/mol. The van der Waals surface area contributed by atoms with Gasteiger partial charge in [-0.15, -0.1) is 0 Å². The predicted octanol–water partition coefficient (Wildman–Crippen LogP) is 3.00. The zero-order chi connectivity index (χ0) is 14.7. The van der Waals surface area contributed by atoms with Crippen molar-refractivity contribution in [2.75, 3.05) is 5.32 Å². The molecule has 0 spiro atoms. The van der Waals surface area contributed by atoms with Crippen molar-refractivity contribution in [3.8, 4) is 5.75 Å². The fraction of sp³-hybridized carbons (Fsp3) is 0. The largest absolute Gasteiger partial charge is 0.506 e. The highest BCUT2D eigenvalue weighted by atomic mass is 35.5. The van der Waals surface area contributed by atoms with Crippen LogP contribution in [0.15, 0.2) is 42.5 Å². The van der Waals surface area contributed by atoms with Crippen LogP contribution in [-0.2, 0) is 0 Å². The highest BCUT2D eigenvalue weighted by molar-refractivity contribution is 6.34. The number of rotatable bonds is 3. The van der Waals surface area contributed by atoms with E-state index in [9.17, 15) is 14.7 Å². The van der Waals surface area contributed by atoms with E-state index in [4.69, 9.17) is 16.7 Å². The van der Waals surface area contributed by atoms with Gasteiger partial charge in [0.25, 0.3) is 5.91 Å². The average molecular weight is 292 g/mol. The van der Waals surface area contributed by atoms with Gasteiger partial charge >= 0.3 is 5.97 Å². The zero-order valence-corrected chi connectivity index (χ0v) is 10.9. The van der Waals surface area contributed by atoms with E-state index in [0.29, 0.717) is 0 Å². The number of carbonyl (C=O) groups is 2. The minimum absolute atomic E-state index is 0.0711. The Morgan fingerprint density at radius 2 is 1.80 bits per heavy atom. The number of carboxylic acid groups (broad SMARTS) is 1. The lowest BCUT2D eigenvalue weighted by Crippen LogP contribution is -2.12. The normalized spacial score (nSPS) is 10.1. The first-order chi connectivity index (χ1) is 9.49. The molecule has 0 unspecified atom stereocenters. The van der Waals surface area contributed by atoms with Crippen molar-refractivity contribution in [3.63, 3.8) is 0 Å². The predicted molar refractivity (Wildman–Crippen MR) is 74.5 cm³/mol. The molecular formula is C14H10ClNO4. The van der Waals surface area contributed by atoms with Gasteiger partial charge in [0.05, 0.1) is 21.8 Å². The molecule has 102 valence electrons. The maximum Gasteiger partial charge on any atom is 0.335 e. The Balaban J connectivity index is 2.25. The Kier molecular flexibility index (Phi) is 3.91. The van der Waals surface area contributed by atoms with Gasteiger partial charge in [-0.25, -0.2) is 4.79 Å². The fourth-order valence-electron chi connectivity index (χ4n) is 1.61. The van der Waals surface area contributed by atoms with Gasteiger partial charge in [-0.05, 0) is 30.3 Å². The molecule has 0 aliphatic carbocycles. The number of phenols is 1. The lowest BCUT2D eigenvalue weighted by Gasteiger charge is -2.09. The number of carboxylic acids is 1. The molecule has 0 aliphatic rings. The molecule has 2 rings (SSSR count). The number of halogens is 1. The molecule has 3 N–H and O–H groups in total. The summed E-state index contributed by atoms with van der Waals surface area (Å²) in [6.45, 7) is 0. The quantitative estimate of drug-likeness (QED) is 0.759. The molecule has 0 heterocycles. The molecule has 2 aromatic rings. The second-order valence-corrected chi connectivity index (χ2v) is 4.38. The number of benzene rings is 2. The number of phenolic OH excluding ortho intramolecular Hbond substituents is 1. The highest BCUT2D eigenvalue weighted by Crippen LogP contribution is 2.25. The summed E-state index contributed by atoms with van der Waals surface area (Å²) in [7, 11) is 0. The Morgan fingerprint density at radius 3 is 2.40 bits per heavy atom. The minimum atomic E-state index is -1.16. The van der Waals surface area contributed by atoms with E-state index in [-0.39, 0.29) is 27.6 Å². The number of hydrogen-bond donors (Lipinski definition) is 3. The van der Waals surface area contributed by atoms with E-state index in [2.05, 4.69) is 5.32 Å². The van der Waals surface area contributed by atoms with E-state index < -0.39 is 11.9 Å². The average Bonchev–Trinajstić information content (AvgIpc) is 2.41. The van der Waals surface area contributed by atoms with Gasteiger partial charge in [0.15, 0.2) is 0 Å². The van der Waals surface area contributed by atoms with Gasteiger partial charge in [0, 0.05) is 0 Å². The first-order valence-electron chi connectivity index (χ1n) is 5.61. The minimum Gasteiger partial charge on any atom is -0.506 e. The van der Waals surface area contributed by atoms with Crippen LogP contribution in [0.3, 0.4) is 0 Å². The third-order valence-corrected chi connectivity index (χ3v) is 2.94. The second-order valence-electron chi connectivity index (χ2n) is 3.97. The van der Waals surface area contributed by atoms with Crippen molar-refractivity contribution >= 4 is 29.2 Å². The number of nitrogens with one attached hydrogen (secondary N) is 1. The van der Waals surface area contributed by atoms with Crippen LogP contribution >= 0.6 is 11.6 Å². The monoisotopic (exact) mass is 291 g/mol. The summed E-state index contributed by atoms with van der Waals surface area (Å²) in [5.41, 5.74) is 0.300. The first kappa shape index (κ1) is 13.9. The molecule has 0 aromatic heterocycles. The van der Waals surface area contributed by atoms with Gasteiger partial charge in [-0.3, -0.25) is 4.79 Å². The maximum absolute atomic E-state index is 12.0. The Morgan fingerprint density at radius 1 is 1.10 bits per heavy atom. The van der Waals surface area contributed by atoms with Gasteiger partial charge in [0.2, 0.25) is 0 Å². The molecule has 0 bridgehead atoms. The Hall–Kier alpha value is -2.53. The molecule has 5 nitrogen and oxygen atoms in total. The number of aromatic hydroxyl groups is 1. The number of carbonyl (C=O) groups excluding carboxylic acids is 1. The van der Waals surface area contributed by atoms with Crippen LogP contribution < -0.4 is 5.32 Å². The topological polar surface area (TPSA) is 86.6 Å². The molecule has 0 atom stereocenters. The fourth-order valence-corrected chi connectivity index (χ4v) is 1.83. The molecule has 6 heteroatoms. The van der Waals surface area contributed by atoms with Crippen LogP contribution in [0.4, 0.5) is 5.69 Å². The summed E-state index contributed by atoms with van der Waals surface area (Å²) in [5, 5.41) is 21.2. The molecule has 1 amide bonds. The van der Waals surface area contributed by atoms with E-state index in [1.165, 1.54) is 12.1 Å². The van der Waals surface area contributed by atoms with Crippen molar-refractivity contribution < 1.29 is 19.8 Å². The third kappa shape index (κ3) is 2.89. The smallest absolute Gasteiger partial charge is 0.335 e. The van der Waals surface area contributed by atoms with Crippen molar-refractivity contribution in [1.82, 2.24) is 0 Å². The van der Waals surface area contributed by atoms with Gasteiger partial charge < -0.3 is 15.5 Å². The Bertz CT molecular complexity index is 685. The molecule has 0 fully saturated rings. The lowest BCUT2D eigenvalue weighted by molar-refractivity contribution is 0.0696. The van der Waals surface area contributed by atoms with Crippen LogP contribution in [-0.4, -0.2) is 22.1 Å². The van der Waals surface area contributed by atoms with Gasteiger partial charge in [-0.2, -0.15) is 0 Å². The number of anilines is 1. The molecule has 0 aliphatic heterocycles. The maximum atomic E-state index is 12.0. The van der Waals surface area contributed by atoms with Crippen LogP contribution in [0.2, 0.25) is 5.02 Å². The van der Waals surface area contributed by atoms with Crippen LogP contribution in [0, 0.1) is 0 Å². The van der Waals surface area contributed by atoms with E-state index in [0.717, 1.165) is 6.07 Å². The molecule has 0 saturated heterocycles. The number of amides is 1. The summed E-state index contributed by atoms with van der Waals surface area (Å²) in [6.07, 6.45) is 0. The summed E-state index contributed by atoms with van der Waals surface area (Å²) in [6, 6.07) is 10.1. The number of hydrogen-bond acceptors (Lipinski definition) is 3. The van der Waals surface area contributed by atoms with Crippen molar-refractivity contribution in [2.24, 2.45) is 0 Å². The van der Waals surface area contributed by atoms with Crippen molar-refractivity contribution in [2.45, 2.75) is 0 Å². The summed E-state index contributed by atoms with van der Waals surface area (Å²) in [4.78, 5) is 22.7. The SMILES string of the molecule is O=C(O)c1ccc(NC(=O)c2ccccc2Cl)c(O)c1. The van der Waals surface area contributed by atoms with Crippen LogP contribution in [0.1, 0.15) is 20.7 Å². The summed E-state index contributed by atoms with van der Waals surface area (Å²) in [5.74, 6) is -1.98. The van der Waals surface area contributed by atoms with Crippen molar-refractivity contribution in [3.05, 3.63) is 58.6 Å². The standard InChI is InChI=1S/C14H10ClNO4/c15-10-4-2-1-3-9(10)13(18)16-11-6-5-8(14(19)20)7-12(11)17/h1-7,17H,(H,16,18)(H,19,20). The molecule has 20 heavy (non-hydrogen) atoms. The summed E-state index contributed by atoms with van der Waals surface area (Å²) < 4.78 is 0. The number of aromatic carboxylic acids is 1. The summed E-state index contributed by atoms with van der Waals surface area (Å²) >= 11 is 5.89. The molecule has 2 aromatic carbocycles. The van der Waals surface area contributed by atoms with Crippen LogP contribution in [0.5, 0.6) is 5.75 Å². The van der Waals surface area contributed by atoms with Gasteiger partial charge in [0.1, 0.15) is 5.75 Å². The Labute approximate surface area is 119 Å². The van der Waals surface area contributed by atoms with E-state index in [1.54, 1.807) is 24.3 Å². The van der Waals surface area contributed by atoms with Crippen molar-refractivity contribution in [1.29, 1.82) is 0 Å². The lowest BCUT2D eigenvalue weighted by atomic mass is 10.1. The third-order valence-electron chi connectivity index (χ3n) is 2.61. The molecule has 0 saturated carbocycles. The van der Waals surface area contributed by atoms with Gasteiger partial charge in [-0.1, -0.05) is 23.7 Å². The zero-order valence-electron chi connectivity index (χ0n) is 10.1. The highest BCUT2D eigenvalue weighted by Gasteiger charge is 2.13. The molecule has 0 radical (unpaired) electrons. The van der Waals surface area contributed by atoms with E-state index in [1.807, 2.05) is 0 Å². The van der Waals surface area contributed by atoms with Crippen LogP contribution in [0.25, 0.3) is 0 Å². The van der Waals surface area contributed by atoms with E-state index >= 15 is 0 Å². The first-order valence-corrected chi connectivity index (χ1v) is 5.99. The second kappa shape index (κ2) is 5.63.